The lowest BCUT2D eigenvalue weighted by molar-refractivity contribution is -0.124. The molecule has 0 spiro atoms. The summed E-state index contributed by atoms with van der Waals surface area (Å²) < 4.78 is 0. The smallest absolute Gasteiger partial charge is 0.223 e. The van der Waals surface area contributed by atoms with Gasteiger partial charge in [0.05, 0.1) is 0 Å². The summed E-state index contributed by atoms with van der Waals surface area (Å²) in [6, 6.07) is 10.5. The van der Waals surface area contributed by atoms with Gasteiger partial charge in [-0.3, -0.25) is 9.69 Å². The molecule has 2 aliphatic rings. The molecule has 4 nitrogen and oxygen atoms in total. The highest BCUT2D eigenvalue weighted by Gasteiger charge is 2.35. The Morgan fingerprint density at radius 1 is 1.24 bits per heavy atom. The lowest BCUT2D eigenvalue weighted by Crippen LogP contribution is -2.53. The summed E-state index contributed by atoms with van der Waals surface area (Å²) in [6.45, 7) is 2.89. The molecule has 2 atom stereocenters. The van der Waals surface area contributed by atoms with Crippen molar-refractivity contribution in [2.24, 2.45) is 11.8 Å². The Labute approximate surface area is 126 Å². The first-order chi connectivity index (χ1) is 10.3. The zero-order valence-electron chi connectivity index (χ0n) is 12.4. The maximum atomic E-state index is 12.0. The lowest BCUT2D eigenvalue weighted by atomic mass is 9.91. The fraction of sp³-hybridized carbons (Fsp3) is 0.588. The molecule has 1 aromatic carbocycles. The van der Waals surface area contributed by atoms with Gasteiger partial charge in [0.2, 0.25) is 5.91 Å². The summed E-state index contributed by atoms with van der Waals surface area (Å²) in [5, 5.41) is 12.7. The number of likely N-dealkylation sites (tertiary alicyclic amines) is 1. The minimum Gasteiger partial charge on any atom is -0.396 e. The summed E-state index contributed by atoms with van der Waals surface area (Å²) in [4.78, 5) is 14.4. The van der Waals surface area contributed by atoms with E-state index in [-0.39, 0.29) is 30.4 Å². The number of hydrogen-bond acceptors (Lipinski definition) is 3. The van der Waals surface area contributed by atoms with Crippen molar-refractivity contribution in [1.29, 1.82) is 0 Å². The molecule has 2 fully saturated rings. The fourth-order valence-electron chi connectivity index (χ4n) is 3.08. The average Bonchev–Trinajstić information content (AvgIpc) is 3.33. The SMILES string of the molecule is O=C(NC1CN(Cc2ccccc2)CCC1CO)C1CC1. The molecular formula is C17H24N2O2. The van der Waals surface area contributed by atoms with Crippen molar-refractivity contribution < 1.29 is 9.90 Å². The van der Waals surface area contributed by atoms with Crippen molar-refractivity contribution >= 4 is 5.91 Å². The third-order valence-electron chi connectivity index (χ3n) is 4.60. The van der Waals surface area contributed by atoms with Crippen LogP contribution in [0.3, 0.4) is 0 Å². The predicted molar refractivity (Wildman–Crippen MR) is 81.6 cm³/mol. The monoisotopic (exact) mass is 288 g/mol. The molecule has 1 saturated heterocycles. The van der Waals surface area contributed by atoms with E-state index >= 15 is 0 Å². The first kappa shape index (κ1) is 14.5. The number of carbonyl (C=O) groups excluding carboxylic acids is 1. The van der Waals surface area contributed by atoms with Crippen LogP contribution in [0.15, 0.2) is 30.3 Å². The Balaban J connectivity index is 1.59. The maximum absolute atomic E-state index is 12.0. The molecule has 1 heterocycles. The van der Waals surface area contributed by atoms with Crippen LogP contribution < -0.4 is 5.32 Å². The first-order valence-corrected chi connectivity index (χ1v) is 7.94. The Morgan fingerprint density at radius 3 is 2.67 bits per heavy atom. The molecule has 114 valence electrons. The van der Waals surface area contributed by atoms with Crippen LogP contribution in [-0.4, -0.2) is 41.7 Å². The van der Waals surface area contributed by atoms with Gasteiger partial charge in [-0.1, -0.05) is 30.3 Å². The molecule has 2 N–H and O–H groups in total. The minimum atomic E-state index is 0.0839. The van der Waals surface area contributed by atoms with Crippen LogP contribution >= 0.6 is 0 Å². The molecule has 1 saturated carbocycles. The van der Waals surface area contributed by atoms with Gasteiger partial charge >= 0.3 is 0 Å². The van der Waals surface area contributed by atoms with E-state index < -0.39 is 0 Å². The van der Waals surface area contributed by atoms with Gasteiger partial charge in [0.1, 0.15) is 0 Å². The predicted octanol–water partition coefficient (Wildman–Crippen LogP) is 1.40. The topological polar surface area (TPSA) is 52.6 Å². The van der Waals surface area contributed by atoms with E-state index in [0.717, 1.165) is 38.9 Å². The molecule has 21 heavy (non-hydrogen) atoms. The number of piperidine rings is 1. The molecule has 1 aliphatic heterocycles. The second-order valence-corrected chi connectivity index (χ2v) is 6.34. The molecule has 0 radical (unpaired) electrons. The zero-order chi connectivity index (χ0) is 14.7. The van der Waals surface area contributed by atoms with Gasteiger partial charge in [-0.25, -0.2) is 0 Å². The number of benzene rings is 1. The van der Waals surface area contributed by atoms with Crippen molar-refractivity contribution in [3.8, 4) is 0 Å². The van der Waals surface area contributed by atoms with Crippen LogP contribution in [0.25, 0.3) is 0 Å². The summed E-state index contributed by atoms with van der Waals surface area (Å²) in [7, 11) is 0. The van der Waals surface area contributed by atoms with Gasteiger partial charge in [0.15, 0.2) is 0 Å². The van der Waals surface area contributed by atoms with E-state index in [1.165, 1.54) is 5.56 Å². The van der Waals surface area contributed by atoms with Gasteiger partial charge in [-0.05, 0) is 31.4 Å². The van der Waals surface area contributed by atoms with E-state index in [2.05, 4.69) is 34.5 Å². The Morgan fingerprint density at radius 2 is 2.00 bits per heavy atom. The van der Waals surface area contributed by atoms with Crippen LogP contribution in [0.2, 0.25) is 0 Å². The average molecular weight is 288 g/mol. The van der Waals surface area contributed by atoms with Gasteiger partial charge < -0.3 is 10.4 Å². The molecular weight excluding hydrogens is 264 g/mol. The summed E-state index contributed by atoms with van der Waals surface area (Å²) in [6.07, 6.45) is 2.99. The second-order valence-electron chi connectivity index (χ2n) is 6.34. The number of nitrogens with one attached hydrogen (secondary N) is 1. The van der Waals surface area contributed by atoms with Gasteiger partial charge in [0.25, 0.3) is 0 Å². The summed E-state index contributed by atoms with van der Waals surface area (Å²) in [5.41, 5.74) is 1.30. The second kappa shape index (κ2) is 6.58. The largest absolute Gasteiger partial charge is 0.396 e. The molecule has 2 unspecified atom stereocenters. The van der Waals surface area contributed by atoms with E-state index in [1.807, 2.05) is 6.07 Å². The number of aliphatic hydroxyl groups is 1. The summed E-state index contributed by atoms with van der Waals surface area (Å²) in [5.74, 6) is 0.605. The normalized spacial score (nSPS) is 26.5. The van der Waals surface area contributed by atoms with Crippen molar-refractivity contribution in [2.75, 3.05) is 19.7 Å². The third kappa shape index (κ3) is 3.83. The Hall–Kier alpha value is -1.39. The van der Waals surface area contributed by atoms with Crippen LogP contribution in [0.1, 0.15) is 24.8 Å². The Kier molecular flexibility index (Phi) is 4.56. The van der Waals surface area contributed by atoms with Crippen molar-refractivity contribution in [1.82, 2.24) is 10.2 Å². The summed E-state index contributed by atoms with van der Waals surface area (Å²) >= 11 is 0. The molecule has 1 aliphatic carbocycles. The molecule has 1 amide bonds. The molecule has 1 aromatic rings. The third-order valence-corrected chi connectivity index (χ3v) is 4.60. The molecule has 0 bridgehead atoms. The van der Waals surface area contributed by atoms with Crippen molar-refractivity contribution in [3.05, 3.63) is 35.9 Å². The number of amides is 1. The van der Waals surface area contributed by atoms with Gasteiger partial charge in [-0.15, -0.1) is 0 Å². The van der Waals surface area contributed by atoms with Crippen molar-refractivity contribution in [2.45, 2.75) is 31.8 Å². The number of carbonyl (C=O) groups is 1. The first-order valence-electron chi connectivity index (χ1n) is 7.94. The Bertz CT molecular complexity index is 473. The highest BCUT2D eigenvalue weighted by atomic mass is 16.3. The van der Waals surface area contributed by atoms with Crippen LogP contribution in [0.5, 0.6) is 0 Å². The minimum absolute atomic E-state index is 0.0839. The highest BCUT2D eigenvalue weighted by Crippen LogP contribution is 2.29. The lowest BCUT2D eigenvalue weighted by Gasteiger charge is -2.38. The van der Waals surface area contributed by atoms with E-state index in [0.29, 0.717) is 0 Å². The zero-order valence-corrected chi connectivity index (χ0v) is 12.4. The van der Waals surface area contributed by atoms with Crippen molar-refractivity contribution in [3.63, 3.8) is 0 Å². The van der Waals surface area contributed by atoms with E-state index in [9.17, 15) is 9.90 Å². The van der Waals surface area contributed by atoms with Crippen LogP contribution in [-0.2, 0) is 11.3 Å². The van der Waals surface area contributed by atoms with E-state index in [4.69, 9.17) is 0 Å². The molecule has 0 aromatic heterocycles. The number of aliphatic hydroxyl groups excluding tert-OH is 1. The van der Waals surface area contributed by atoms with Gasteiger partial charge in [0, 0.05) is 37.6 Å². The van der Waals surface area contributed by atoms with Gasteiger partial charge in [-0.2, -0.15) is 0 Å². The molecule has 3 rings (SSSR count). The maximum Gasteiger partial charge on any atom is 0.223 e. The highest BCUT2D eigenvalue weighted by molar-refractivity contribution is 5.81. The van der Waals surface area contributed by atoms with Crippen LogP contribution in [0.4, 0.5) is 0 Å². The van der Waals surface area contributed by atoms with E-state index in [1.54, 1.807) is 0 Å². The molecule has 4 heteroatoms. The van der Waals surface area contributed by atoms with Crippen LogP contribution in [0, 0.1) is 11.8 Å². The number of hydrogen-bond donors (Lipinski definition) is 2. The fourth-order valence-corrected chi connectivity index (χ4v) is 3.08. The number of nitrogens with zero attached hydrogens (tertiary/aromatic N) is 1. The quantitative estimate of drug-likeness (QED) is 0.861. The standard InChI is InChI=1S/C17H24N2O2/c20-12-15-8-9-19(10-13-4-2-1-3-5-13)11-16(15)18-17(21)14-6-7-14/h1-5,14-16,20H,6-12H2,(H,18,21). The number of rotatable bonds is 5.